The number of sulfone groups is 1. The van der Waals surface area contributed by atoms with E-state index in [-0.39, 0.29) is 4.90 Å². The van der Waals surface area contributed by atoms with Crippen LogP contribution < -0.4 is 16.0 Å². The molecule has 4 rings (SSSR count). The predicted molar refractivity (Wildman–Crippen MR) is 131 cm³/mol. The zero-order chi connectivity index (χ0) is 22.6. The first-order valence-corrected chi connectivity index (χ1v) is 13.3. The van der Waals surface area contributed by atoms with Crippen LogP contribution in [0.2, 0.25) is 0 Å². The number of nitrogens with zero attached hydrogens (tertiary/aromatic N) is 1. The molecule has 0 saturated carbocycles. The van der Waals surface area contributed by atoms with Crippen molar-refractivity contribution in [1.82, 2.24) is 4.98 Å². The lowest BCUT2D eigenvalue weighted by Crippen LogP contribution is -2.29. The maximum Gasteiger partial charge on any atom is 0.199 e. The third-order valence-electron chi connectivity index (χ3n) is 5.17. The number of benzene rings is 3. The Morgan fingerprint density at radius 2 is 1.41 bits per heavy atom. The molecule has 0 saturated heterocycles. The Balaban J connectivity index is 1.91. The lowest BCUT2D eigenvalue weighted by molar-refractivity contribution is 0.591. The summed E-state index contributed by atoms with van der Waals surface area (Å²) in [6.45, 7) is 1.89. The zero-order valence-corrected chi connectivity index (χ0v) is 19.2. The molecule has 0 amide bonds. The molecule has 1 heterocycles. The molecule has 6 heteroatoms. The molecule has 0 aliphatic carbocycles. The maximum atomic E-state index is 14.8. The van der Waals surface area contributed by atoms with Crippen molar-refractivity contribution in [1.29, 1.82) is 0 Å². The molecule has 0 N–H and O–H groups in total. The van der Waals surface area contributed by atoms with Crippen molar-refractivity contribution in [3.63, 3.8) is 0 Å². The van der Waals surface area contributed by atoms with Crippen molar-refractivity contribution in [2.45, 2.75) is 11.8 Å². The van der Waals surface area contributed by atoms with Crippen LogP contribution >= 0.6 is 7.14 Å². The van der Waals surface area contributed by atoms with Gasteiger partial charge in [0.05, 0.1) is 4.90 Å². The first kappa shape index (κ1) is 21.9. The normalized spacial score (nSPS) is 13.7. The highest BCUT2D eigenvalue weighted by Gasteiger charge is 2.34. The molecule has 0 fully saturated rings. The van der Waals surface area contributed by atoms with Gasteiger partial charge in [0.25, 0.3) is 0 Å². The fourth-order valence-corrected chi connectivity index (χ4v) is 7.56. The van der Waals surface area contributed by atoms with Crippen molar-refractivity contribution in [2.75, 3.05) is 0 Å². The van der Waals surface area contributed by atoms with Gasteiger partial charge >= 0.3 is 0 Å². The summed E-state index contributed by atoms with van der Waals surface area (Å²) in [5.74, 6) is 0. The highest BCUT2D eigenvalue weighted by atomic mass is 32.2. The van der Waals surface area contributed by atoms with E-state index in [2.05, 4.69) is 4.98 Å². The molecule has 0 bridgehead atoms. The fraction of sp³-hybridized carbons (Fsp3) is 0.0385. The van der Waals surface area contributed by atoms with Gasteiger partial charge in [0, 0.05) is 22.2 Å². The van der Waals surface area contributed by atoms with E-state index in [4.69, 9.17) is 0 Å². The summed E-state index contributed by atoms with van der Waals surface area (Å²) in [6, 6.07) is 28.3. The van der Waals surface area contributed by atoms with Gasteiger partial charge in [-0.05, 0) is 42.3 Å². The van der Waals surface area contributed by atoms with E-state index in [0.29, 0.717) is 21.6 Å². The second-order valence-electron chi connectivity index (χ2n) is 7.31. The molecule has 0 aliphatic rings. The quantitative estimate of drug-likeness (QED) is 0.399. The average Bonchev–Trinajstić information content (AvgIpc) is 2.84. The third kappa shape index (κ3) is 4.22. The van der Waals surface area contributed by atoms with Crippen LogP contribution in [0.15, 0.2) is 114 Å². The molecule has 3 aromatic carbocycles. The first-order chi connectivity index (χ1) is 15.4. The van der Waals surface area contributed by atoms with E-state index in [1.165, 1.54) is 11.5 Å². The van der Waals surface area contributed by atoms with Crippen molar-refractivity contribution in [2.24, 2.45) is 0 Å². The second-order valence-corrected chi connectivity index (χ2v) is 11.8. The van der Waals surface area contributed by atoms with E-state index >= 15 is 0 Å². The summed E-state index contributed by atoms with van der Waals surface area (Å²) in [7, 11) is -7.01. The lowest BCUT2D eigenvalue weighted by atomic mass is 10.2. The monoisotopic (exact) mass is 459 g/mol. The third-order valence-corrected chi connectivity index (χ3v) is 9.77. The topological polar surface area (TPSA) is 64.1 Å². The van der Waals surface area contributed by atoms with Gasteiger partial charge in [0.1, 0.15) is 5.44 Å². The summed E-state index contributed by atoms with van der Waals surface area (Å²) >= 11 is 0. The molecular weight excluding hydrogens is 437 g/mol. The first-order valence-electron chi connectivity index (χ1n) is 10.1. The van der Waals surface area contributed by atoms with E-state index in [1.54, 1.807) is 54.7 Å². The van der Waals surface area contributed by atoms with Crippen molar-refractivity contribution in [3.05, 3.63) is 120 Å². The second kappa shape index (κ2) is 9.07. The Hall–Kier alpha value is -3.27. The molecular formula is C26H22NO3PS. The van der Waals surface area contributed by atoms with Crippen LogP contribution in [0.5, 0.6) is 0 Å². The molecule has 0 radical (unpaired) electrons. The summed E-state index contributed by atoms with van der Waals surface area (Å²) in [4.78, 5) is 4.70. The van der Waals surface area contributed by atoms with Gasteiger partial charge in [0.2, 0.25) is 0 Å². The minimum absolute atomic E-state index is 0.209. The summed E-state index contributed by atoms with van der Waals surface area (Å²) in [6.07, 6.45) is 3.15. The van der Waals surface area contributed by atoms with Crippen LogP contribution in [-0.2, 0) is 14.4 Å². The van der Waals surface area contributed by atoms with Crippen molar-refractivity contribution < 1.29 is 13.0 Å². The van der Waals surface area contributed by atoms with Crippen LogP contribution in [0, 0.1) is 6.92 Å². The Kier molecular flexibility index (Phi) is 6.22. The van der Waals surface area contributed by atoms with Crippen LogP contribution in [0.25, 0.3) is 6.08 Å². The highest BCUT2D eigenvalue weighted by molar-refractivity contribution is 7.94. The number of aromatic nitrogens is 1. The number of pyridine rings is 1. The Morgan fingerprint density at radius 3 is 2.09 bits per heavy atom. The van der Waals surface area contributed by atoms with Gasteiger partial charge in [-0.25, -0.2) is 8.42 Å². The van der Waals surface area contributed by atoms with Gasteiger partial charge in [0.15, 0.2) is 17.0 Å². The minimum Gasteiger partial charge on any atom is -0.307 e. The standard InChI is InChI=1S/C26H22NO3PS/c1-21-11-10-19-27-26(21)31(28,23-13-4-2-5-14-23)25-17-9-8-12-22(25)18-20-32(29,30)24-15-6-3-7-16-24/h2-20H,1H3. The van der Waals surface area contributed by atoms with Crippen molar-refractivity contribution in [3.8, 4) is 0 Å². The smallest absolute Gasteiger partial charge is 0.199 e. The average molecular weight is 460 g/mol. The van der Waals surface area contributed by atoms with Crippen LogP contribution in [0.4, 0.5) is 0 Å². The zero-order valence-electron chi connectivity index (χ0n) is 17.5. The van der Waals surface area contributed by atoms with E-state index < -0.39 is 17.0 Å². The van der Waals surface area contributed by atoms with E-state index in [9.17, 15) is 13.0 Å². The van der Waals surface area contributed by atoms with Crippen LogP contribution in [-0.4, -0.2) is 13.4 Å². The lowest BCUT2D eigenvalue weighted by Gasteiger charge is -2.22. The number of aryl methyl sites for hydroxylation is 1. The molecule has 0 spiro atoms. The largest absolute Gasteiger partial charge is 0.307 e. The summed E-state index contributed by atoms with van der Waals surface area (Å²) < 4.78 is 40.4. The SMILES string of the molecule is Cc1cccnc1P(=O)(c1ccccc1)c1ccccc1C=CS(=O)(=O)c1ccccc1. The molecule has 0 aliphatic heterocycles. The van der Waals surface area contributed by atoms with Gasteiger partial charge in [-0.3, -0.25) is 4.98 Å². The minimum atomic E-state index is -3.64. The van der Waals surface area contributed by atoms with E-state index in [1.807, 2.05) is 55.5 Å². The number of rotatable bonds is 6. The molecule has 4 aromatic rings. The van der Waals surface area contributed by atoms with Crippen molar-refractivity contribution >= 4 is 39.1 Å². The maximum absolute atomic E-state index is 14.8. The summed E-state index contributed by atoms with van der Waals surface area (Å²) in [5, 5.41) is 2.36. The van der Waals surface area contributed by atoms with Crippen LogP contribution in [0.3, 0.4) is 0 Å². The predicted octanol–water partition coefficient (Wildman–Crippen LogP) is 4.47. The number of hydrogen-bond donors (Lipinski definition) is 0. The Morgan fingerprint density at radius 1 is 0.781 bits per heavy atom. The molecule has 32 heavy (non-hydrogen) atoms. The van der Waals surface area contributed by atoms with Crippen LogP contribution in [0.1, 0.15) is 11.1 Å². The van der Waals surface area contributed by atoms with Gasteiger partial charge < -0.3 is 4.57 Å². The van der Waals surface area contributed by atoms with Gasteiger partial charge in [-0.15, -0.1) is 0 Å². The molecule has 1 unspecified atom stereocenters. The molecule has 1 aromatic heterocycles. The highest BCUT2D eigenvalue weighted by Crippen LogP contribution is 2.43. The molecule has 4 nitrogen and oxygen atoms in total. The fourth-order valence-electron chi connectivity index (χ4n) is 3.59. The summed E-state index contributed by atoms with van der Waals surface area (Å²) in [5.41, 5.74) is 1.89. The van der Waals surface area contributed by atoms with Gasteiger partial charge in [-0.1, -0.05) is 78.9 Å². The Bertz CT molecular complexity index is 1420. The molecule has 160 valence electrons. The number of hydrogen-bond acceptors (Lipinski definition) is 4. The Labute approximate surface area is 188 Å². The molecule has 1 atom stereocenters. The van der Waals surface area contributed by atoms with E-state index in [0.717, 1.165) is 5.56 Å². The van der Waals surface area contributed by atoms with Gasteiger partial charge in [-0.2, -0.15) is 0 Å².